The van der Waals surface area contributed by atoms with Crippen LogP contribution in [0.25, 0.3) is 0 Å². The quantitative estimate of drug-likeness (QED) is 0.814. The highest BCUT2D eigenvalue weighted by molar-refractivity contribution is 5.87. The van der Waals surface area contributed by atoms with Crippen LogP contribution in [0.15, 0.2) is 24.3 Å². The summed E-state index contributed by atoms with van der Waals surface area (Å²) >= 11 is 0. The molecule has 0 saturated carbocycles. The molecule has 1 rings (SSSR count). The summed E-state index contributed by atoms with van der Waals surface area (Å²) < 4.78 is 5.09. The number of rotatable bonds is 6. The van der Waals surface area contributed by atoms with Gasteiger partial charge in [0.2, 0.25) is 5.91 Å². The molecule has 3 N–H and O–H groups in total. The van der Waals surface area contributed by atoms with Crippen molar-refractivity contribution in [3.8, 4) is 5.75 Å². The number of methoxy groups -OCH3 is 1. The lowest BCUT2D eigenvalue weighted by Gasteiger charge is -2.30. The highest BCUT2D eigenvalue weighted by Crippen LogP contribution is 2.24. The van der Waals surface area contributed by atoms with Crippen molar-refractivity contribution >= 4 is 11.6 Å². The summed E-state index contributed by atoms with van der Waals surface area (Å²) in [5.74, 6) is 0.824. The highest BCUT2D eigenvalue weighted by atomic mass is 16.5. The van der Waals surface area contributed by atoms with Crippen molar-refractivity contribution < 1.29 is 9.53 Å². The maximum atomic E-state index is 11.6. The van der Waals surface area contributed by atoms with Crippen LogP contribution in [-0.4, -0.2) is 18.6 Å². The molecule has 0 aliphatic carbocycles. The fourth-order valence-electron chi connectivity index (χ4n) is 2.02. The van der Waals surface area contributed by atoms with E-state index in [2.05, 4.69) is 19.2 Å². The monoisotopic (exact) mass is 250 g/mol. The SMILES string of the molecule is COc1ccc(NC(C)(CC(C)C)C(N)=O)cc1. The first-order valence-corrected chi connectivity index (χ1v) is 6.09. The predicted molar refractivity (Wildman–Crippen MR) is 73.7 cm³/mol. The Morgan fingerprint density at radius 3 is 2.33 bits per heavy atom. The van der Waals surface area contributed by atoms with Gasteiger partial charge in [-0.05, 0) is 43.5 Å². The molecule has 0 fully saturated rings. The van der Waals surface area contributed by atoms with Crippen molar-refractivity contribution in [1.29, 1.82) is 0 Å². The molecule has 0 heterocycles. The van der Waals surface area contributed by atoms with Crippen molar-refractivity contribution in [2.75, 3.05) is 12.4 Å². The van der Waals surface area contributed by atoms with Crippen molar-refractivity contribution in [3.63, 3.8) is 0 Å². The minimum absolute atomic E-state index is 0.341. The van der Waals surface area contributed by atoms with Crippen LogP contribution in [0.2, 0.25) is 0 Å². The number of anilines is 1. The molecule has 0 aliphatic heterocycles. The fourth-order valence-corrected chi connectivity index (χ4v) is 2.02. The second-order valence-corrected chi connectivity index (χ2v) is 5.15. The van der Waals surface area contributed by atoms with Crippen molar-refractivity contribution in [2.45, 2.75) is 32.7 Å². The number of nitrogens with two attached hydrogens (primary N) is 1. The number of primary amides is 1. The molecule has 0 aromatic heterocycles. The Morgan fingerprint density at radius 2 is 1.94 bits per heavy atom. The van der Waals surface area contributed by atoms with Gasteiger partial charge in [0.05, 0.1) is 7.11 Å². The lowest BCUT2D eigenvalue weighted by molar-refractivity contribution is -0.122. The lowest BCUT2D eigenvalue weighted by Crippen LogP contribution is -2.48. The summed E-state index contributed by atoms with van der Waals surface area (Å²) in [6.45, 7) is 5.97. The molecule has 0 spiro atoms. The Bertz CT molecular complexity index is 401. The molecule has 4 nitrogen and oxygen atoms in total. The molecular weight excluding hydrogens is 228 g/mol. The van der Waals surface area contributed by atoms with Gasteiger partial charge in [-0.3, -0.25) is 4.79 Å². The molecule has 1 aromatic carbocycles. The van der Waals surface area contributed by atoms with Crippen LogP contribution >= 0.6 is 0 Å². The maximum absolute atomic E-state index is 11.6. The molecule has 1 aromatic rings. The number of hydrogen-bond donors (Lipinski definition) is 2. The summed E-state index contributed by atoms with van der Waals surface area (Å²) in [5, 5.41) is 3.21. The second-order valence-electron chi connectivity index (χ2n) is 5.15. The minimum atomic E-state index is -0.733. The van der Waals surface area contributed by atoms with Crippen LogP contribution < -0.4 is 15.8 Å². The zero-order chi connectivity index (χ0) is 13.8. The van der Waals surface area contributed by atoms with Gasteiger partial charge in [0.25, 0.3) is 0 Å². The van der Waals surface area contributed by atoms with Gasteiger partial charge in [-0.25, -0.2) is 0 Å². The van der Waals surface area contributed by atoms with Crippen molar-refractivity contribution in [2.24, 2.45) is 11.7 Å². The summed E-state index contributed by atoms with van der Waals surface area (Å²) in [6.07, 6.45) is 0.689. The Kier molecular flexibility index (Phi) is 4.59. The van der Waals surface area contributed by atoms with Gasteiger partial charge in [-0.1, -0.05) is 13.8 Å². The molecule has 18 heavy (non-hydrogen) atoms. The lowest BCUT2D eigenvalue weighted by atomic mass is 9.89. The third-order valence-corrected chi connectivity index (χ3v) is 2.87. The molecule has 1 amide bonds. The van der Waals surface area contributed by atoms with Gasteiger partial charge in [0.15, 0.2) is 0 Å². The number of amides is 1. The first kappa shape index (κ1) is 14.4. The molecule has 4 heteroatoms. The van der Waals surface area contributed by atoms with E-state index in [1.165, 1.54) is 0 Å². The normalized spacial score (nSPS) is 14.1. The van der Waals surface area contributed by atoms with Gasteiger partial charge >= 0.3 is 0 Å². The van der Waals surface area contributed by atoms with E-state index in [9.17, 15) is 4.79 Å². The first-order valence-electron chi connectivity index (χ1n) is 6.09. The van der Waals surface area contributed by atoms with E-state index in [0.29, 0.717) is 12.3 Å². The Hall–Kier alpha value is -1.71. The number of nitrogens with one attached hydrogen (secondary N) is 1. The van der Waals surface area contributed by atoms with E-state index in [0.717, 1.165) is 11.4 Å². The third kappa shape index (κ3) is 3.65. The number of hydrogen-bond acceptors (Lipinski definition) is 3. The average Bonchev–Trinajstić information content (AvgIpc) is 2.28. The smallest absolute Gasteiger partial charge is 0.242 e. The minimum Gasteiger partial charge on any atom is -0.497 e. The van der Waals surface area contributed by atoms with Crippen LogP contribution in [0.5, 0.6) is 5.75 Å². The van der Waals surface area contributed by atoms with Crippen LogP contribution in [-0.2, 0) is 4.79 Å². The van der Waals surface area contributed by atoms with Crippen LogP contribution in [0.3, 0.4) is 0 Å². The number of carbonyl (C=O) groups excluding carboxylic acids is 1. The maximum Gasteiger partial charge on any atom is 0.242 e. The van der Waals surface area contributed by atoms with Crippen LogP contribution in [0.1, 0.15) is 27.2 Å². The van der Waals surface area contributed by atoms with E-state index in [1.807, 2.05) is 31.2 Å². The molecule has 0 bridgehead atoms. The Balaban J connectivity index is 2.85. The second kappa shape index (κ2) is 5.76. The fraction of sp³-hybridized carbons (Fsp3) is 0.500. The van der Waals surface area contributed by atoms with Crippen LogP contribution in [0.4, 0.5) is 5.69 Å². The first-order chi connectivity index (χ1) is 8.37. The number of ether oxygens (including phenoxy) is 1. The largest absolute Gasteiger partial charge is 0.497 e. The van der Waals surface area contributed by atoms with Gasteiger partial charge in [0.1, 0.15) is 11.3 Å². The van der Waals surface area contributed by atoms with E-state index < -0.39 is 5.54 Å². The number of carbonyl (C=O) groups is 1. The third-order valence-electron chi connectivity index (χ3n) is 2.87. The van der Waals surface area contributed by atoms with E-state index in [1.54, 1.807) is 7.11 Å². The molecule has 0 aliphatic rings. The summed E-state index contributed by atoms with van der Waals surface area (Å²) in [4.78, 5) is 11.6. The molecule has 0 saturated heterocycles. The predicted octanol–water partition coefficient (Wildman–Crippen LogP) is 2.40. The summed E-state index contributed by atoms with van der Waals surface area (Å²) in [7, 11) is 1.62. The zero-order valence-electron chi connectivity index (χ0n) is 11.5. The molecule has 0 radical (unpaired) electrons. The molecule has 1 atom stereocenters. The molecule has 1 unspecified atom stereocenters. The van der Waals surface area contributed by atoms with Gasteiger partial charge in [-0.15, -0.1) is 0 Å². The van der Waals surface area contributed by atoms with Crippen molar-refractivity contribution in [3.05, 3.63) is 24.3 Å². The van der Waals surface area contributed by atoms with Crippen LogP contribution in [0, 0.1) is 5.92 Å². The topological polar surface area (TPSA) is 64.3 Å². The van der Waals surface area contributed by atoms with Crippen molar-refractivity contribution in [1.82, 2.24) is 0 Å². The Morgan fingerprint density at radius 1 is 1.39 bits per heavy atom. The van der Waals surface area contributed by atoms with Gasteiger partial charge in [0, 0.05) is 5.69 Å². The highest BCUT2D eigenvalue weighted by Gasteiger charge is 2.31. The van der Waals surface area contributed by atoms with Gasteiger partial charge < -0.3 is 15.8 Å². The standard InChI is InChI=1S/C14H22N2O2/c1-10(2)9-14(3,13(15)17)16-11-5-7-12(18-4)8-6-11/h5-8,10,16H,9H2,1-4H3,(H2,15,17). The average molecular weight is 250 g/mol. The molecular formula is C14H22N2O2. The van der Waals surface area contributed by atoms with Gasteiger partial charge in [-0.2, -0.15) is 0 Å². The van der Waals surface area contributed by atoms with E-state index in [4.69, 9.17) is 10.5 Å². The van der Waals surface area contributed by atoms with E-state index in [-0.39, 0.29) is 5.91 Å². The summed E-state index contributed by atoms with van der Waals surface area (Å²) in [5.41, 5.74) is 5.62. The number of benzene rings is 1. The Labute approximate surface area is 109 Å². The summed E-state index contributed by atoms with van der Waals surface area (Å²) in [6, 6.07) is 7.44. The zero-order valence-corrected chi connectivity index (χ0v) is 11.5. The molecule has 100 valence electrons. The van der Waals surface area contributed by atoms with E-state index >= 15 is 0 Å².